The van der Waals surface area contributed by atoms with Crippen molar-refractivity contribution in [2.45, 2.75) is 96.8 Å². The Bertz CT molecular complexity index is 491. The monoisotopic (exact) mass is 441 g/mol. The molecule has 0 fully saturated rings. The summed E-state index contributed by atoms with van der Waals surface area (Å²) in [5.41, 5.74) is 0. The van der Waals surface area contributed by atoms with Gasteiger partial charge in [0.05, 0.1) is 12.5 Å². The molecule has 0 bridgehead atoms. The molecule has 0 aliphatic rings. The fraction of sp³-hybridized carbons (Fsp3) is 0.792. The van der Waals surface area contributed by atoms with E-state index >= 15 is 0 Å². The minimum Gasteiger partial charge on any atom is -0.544 e. The maximum absolute atomic E-state index is 11.1. The van der Waals surface area contributed by atoms with Crippen molar-refractivity contribution < 1.29 is 34.2 Å². The van der Waals surface area contributed by atoms with E-state index in [1.54, 1.807) is 0 Å². The van der Waals surface area contributed by atoms with E-state index in [4.69, 9.17) is 10.2 Å². The molecule has 0 aromatic heterocycles. The van der Waals surface area contributed by atoms with E-state index in [1.165, 1.54) is 64.2 Å². The average molecular weight is 442 g/mol. The van der Waals surface area contributed by atoms with Gasteiger partial charge in [-0.15, -0.1) is 0 Å². The predicted octanol–water partition coefficient (Wildman–Crippen LogP) is 3.76. The third-order valence-corrected chi connectivity index (χ3v) is 5.53. The number of nitrogens with zero attached hydrogens (tertiary/aromatic N) is 1. The van der Waals surface area contributed by atoms with E-state index in [0.29, 0.717) is 6.42 Å². The van der Waals surface area contributed by atoms with Gasteiger partial charge < -0.3 is 24.6 Å². The number of carbonyl (C=O) groups is 3. The fourth-order valence-corrected chi connectivity index (χ4v) is 3.96. The standard InChI is InChI=1S/C24H43NO6/c1-2-3-4-5-6-7-8-9-10-11-12-13-14-15-16-17-18-25(19-22(26)27,20-23(28)29)21-24(30)31/h4-5H,2-3,6-21H2,1H3,(H2-,26,27,28,29,30,31)/b5-4+. The van der Waals surface area contributed by atoms with Crippen LogP contribution >= 0.6 is 0 Å². The maximum Gasteiger partial charge on any atom is 0.359 e. The lowest BCUT2D eigenvalue weighted by atomic mass is 10.0. The van der Waals surface area contributed by atoms with Crippen LogP contribution in [0.25, 0.3) is 0 Å². The van der Waals surface area contributed by atoms with Crippen molar-refractivity contribution in [3.05, 3.63) is 12.2 Å². The Balaban J connectivity index is 3.86. The van der Waals surface area contributed by atoms with Gasteiger partial charge in [0.2, 0.25) is 0 Å². The molecule has 0 atom stereocenters. The quantitative estimate of drug-likeness (QED) is 0.150. The van der Waals surface area contributed by atoms with Crippen LogP contribution in [0.4, 0.5) is 0 Å². The largest absolute Gasteiger partial charge is 0.544 e. The van der Waals surface area contributed by atoms with Gasteiger partial charge in [-0.05, 0) is 32.1 Å². The lowest BCUT2D eigenvalue weighted by Gasteiger charge is -2.36. The minimum atomic E-state index is -1.42. The number of unbranched alkanes of at least 4 members (excludes halogenated alkanes) is 12. The molecule has 0 aromatic carbocycles. The Labute approximate surface area is 187 Å². The first-order valence-electron chi connectivity index (χ1n) is 11.9. The predicted molar refractivity (Wildman–Crippen MR) is 119 cm³/mol. The average Bonchev–Trinajstić information content (AvgIpc) is 2.66. The summed E-state index contributed by atoms with van der Waals surface area (Å²) in [4.78, 5) is 33.3. The van der Waals surface area contributed by atoms with E-state index in [9.17, 15) is 19.5 Å². The number of allylic oxidation sites excluding steroid dienone is 2. The molecular formula is C24H43NO6. The summed E-state index contributed by atoms with van der Waals surface area (Å²) in [5, 5.41) is 29.2. The molecule has 180 valence electrons. The van der Waals surface area contributed by atoms with Crippen molar-refractivity contribution in [1.29, 1.82) is 0 Å². The highest BCUT2D eigenvalue weighted by Crippen LogP contribution is 2.14. The lowest BCUT2D eigenvalue weighted by Crippen LogP contribution is -2.59. The normalized spacial score (nSPS) is 11.8. The summed E-state index contributed by atoms with van der Waals surface area (Å²) in [6.07, 6.45) is 20.5. The topological polar surface area (TPSA) is 115 Å². The molecule has 7 heteroatoms. The van der Waals surface area contributed by atoms with Gasteiger partial charge in [0.1, 0.15) is 6.54 Å². The van der Waals surface area contributed by atoms with E-state index in [0.717, 1.165) is 19.3 Å². The zero-order valence-corrected chi connectivity index (χ0v) is 19.4. The van der Waals surface area contributed by atoms with Gasteiger partial charge in [0.15, 0.2) is 13.1 Å². The Kier molecular flexibility index (Phi) is 17.7. The minimum absolute atomic E-state index is 0.222. The Hall–Kier alpha value is -1.89. The Morgan fingerprint density at radius 3 is 1.52 bits per heavy atom. The van der Waals surface area contributed by atoms with E-state index in [1.807, 2.05) is 0 Å². The number of hydrogen-bond acceptors (Lipinski definition) is 4. The van der Waals surface area contributed by atoms with Gasteiger partial charge in [0.25, 0.3) is 0 Å². The SMILES string of the molecule is CCC/C=C/CCCCCCCCCCCCC[N+](CC(=O)[O-])(CC(=O)O)CC(=O)O. The Morgan fingerprint density at radius 1 is 0.677 bits per heavy atom. The van der Waals surface area contributed by atoms with Gasteiger partial charge in [-0.3, -0.25) is 0 Å². The van der Waals surface area contributed by atoms with E-state index in [-0.39, 0.29) is 6.54 Å². The van der Waals surface area contributed by atoms with Crippen molar-refractivity contribution in [3.8, 4) is 0 Å². The number of hydrogen-bond donors (Lipinski definition) is 2. The summed E-state index contributed by atoms with van der Waals surface area (Å²) < 4.78 is -0.499. The lowest BCUT2D eigenvalue weighted by molar-refractivity contribution is -0.909. The fourth-order valence-electron chi connectivity index (χ4n) is 3.96. The summed E-state index contributed by atoms with van der Waals surface area (Å²) in [6, 6.07) is 0. The molecule has 0 unspecified atom stereocenters. The second kappa shape index (κ2) is 18.8. The molecule has 0 aromatic rings. The third-order valence-electron chi connectivity index (χ3n) is 5.53. The third kappa shape index (κ3) is 18.6. The second-order valence-electron chi connectivity index (χ2n) is 8.64. The van der Waals surface area contributed by atoms with E-state index < -0.39 is 42.0 Å². The first-order chi connectivity index (χ1) is 14.8. The van der Waals surface area contributed by atoms with Gasteiger partial charge >= 0.3 is 11.9 Å². The van der Waals surface area contributed by atoms with Gasteiger partial charge in [-0.25, -0.2) is 9.59 Å². The van der Waals surface area contributed by atoms with Crippen LogP contribution in [-0.4, -0.2) is 58.8 Å². The molecule has 0 aliphatic carbocycles. The van der Waals surface area contributed by atoms with Crippen LogP contribution < -0.4 is 5.11 Å². The molecular weight excluding hydrogens is 398 g/mol. The zero-order chi connectivity index (χ0) is 23.4. The first-order valence-corrected chi connectivity index (χ1v) is 11.9. The molecule has 0 aliphatic heterocycles. The van der Waals surface area contributed by atoms with Crippen LogP contribution in [0.3, 0.4) is 0 Å². The van der Waals surface area contributed by atoms with Gasteiger partial charge in [-0.2, -0.15) is 0 Å². The molecule has 0 spiro atoms. The number of quaternary nitrogens is 1. The number of carboxylic acids is 3. The van der Waals surface area contributed by atoms with Crippen molar-refractivity contribution in [2.24, 2.45) is 0 Å². The molecule has 0 saturated heterocycles. The Morgan fingerprint density at radius 2 is 1.10 bits per heavy atom. The highest BCUT2D eigenvalue weighted by atomic mass is 16.4. The molecule has 0 heterocycles. The van der Waals surface area contributed by atoms with Crippen molar-refractivity contribution in [2.75, 3.05) is 26.2 Å². The van der Waals surface area contributed by atoms with Crippen LogP contribution in [0, 0.1) is 0 Å². The summed E-state index contributed by atoms with van der Waals surface area (Å²) in [5.74, 6) is -3.82. The molecule has 0 rings (SSSR count). The second-order valence-corrected chi connectivity index (χ2v) is 8.64. The number of aliphatic carboxylic acids is 3. The summed E-state index contributed by atoms with van der Waals surface area (Å²) in [7, 11) is 0. The van der Waals surface area contributed by atoms with Crippen LogP contribution in [0.15, 0.2) is 12.2 Å². The van der Waals surface area contributed by atoms with Crippen LogP contribution in [0.2, 0.25) is 0 Å². The molecule has 31 heavy (non-hydrogen) atoms. The van der Waals surface area contributed by atoms with Crippen LogP contribution in [0.1, 0.15) is 96.8 Å². The number of carboxylic acid groups (broad SMARTS) is 3. The zero-order valence-electron chi connectivity index (χ0n) is 19.4. The molecule has 0 amide bonds. The van der Waals surface area contributed by atoms with Crippen LogP contribution in [-0.2, 0) is 14.4 Å². The molecule has 2 N–H and O–H groups in total. The van der Waals surface area contributed by atoms with Crippen molar-refractivity contribution >= 4 is 17.9 Å². The van der Waals surface area contributed by atoms with Gasteiger partial charge in [-0.1, -0.05) is 76.9 Å². The highest BCUT2D eigenvalue weighted by molar-refractivity contribution is 5.72. The summed E-state index contributed by atoms with van der Waals surface area (Å²) >= 11 is 0. The van der Waals surface area contributed by atoms with Crippen molar-refractivity contribution in [1.82, 2.24) is 0 Å². The smallest absolute Gasteiger partial charge is 0.359 e. The molecule has 0 saturated carbocycles. The van der Waals surface area contributed by atoms with E-state index in [2.05, 4.69) is 19.1 Å². The summed E-state index contributed by atoms with van der Waals surface area (Å²) in [6.45, 7) is 0.789. The van der Waals surface area contributed by atoms with Crippen LogP contribution in [0.5, 0.6) is 0 Å². The highest BCUT2D eigenvalue weighted by Gasteiger charge is 2.33. The molecule has 7 nitrogen and oxygen atoms in total. The first kappa shape index (κ1) is 29.1. The molecule has 0 radical (unpaired) electrons. The maximum atomic E-state index is 11.1. The number of carbonyl (C=O) groups excluding carboxylic acids is 1. The van der Waals surface area contributed by atoms with Gasteiger partial charge in [0, 0.05) is 0 Å². The number of rotatable bonds is 22. The van der Waals surface area contributed by atoms with Crippen molar-refractivity contribution in [3.63, 3.8) is 0 Å².